The van der Waals surface area contributed by atoms with Crippen molar-refractivity contribution in [3.8, 4) is 0 Å². The Labute approximate surface area is 146 Å². The van der Waals surface area contributed by atoms with E-state index in [-0.39, 0.29) is 23.5 Å². The minimum Gasteiger partial charge on any atom is -0.458 e. The van der Waals surface area contributed by atoms with Gasteiger partial charge in [-0.3, -0.25) is 0 Å². The van der Waals surface area contributed by atoms with Gasteiger partial charge in [0.15, 0.2) is 0 Å². The third-order valence-electron chi connectivity index (χ3n) is 5.37. The molecule has 2 atom stereocenters. The van der Waals surface area contributed by atoms with E-state index < -0.39 is 0 Å². The van der Waals surface area contributed by atoms with Crippen molar-refractivity contribution in [2.75, 3.05) is 0 Å². The van der Waals surface area contributed by atoms with E-state index in [1.807, 2.05) is 31.2 Å². The molecular weight excluding hydrogens is 316 g/mol. The Bertz CT molecular complexity index is 844. The molecule has 0 saturated heterocycles. The summed E-state index contributed by atoms with van der Waals surface area (Å²) in [5.41, 5.74) is 3.27. The Kier molecular flexibility index (Phi) is 3.64. The molecular formula is C21H20O4. The SMILES string of the molecule is CC1=C2C[C@]3(C)C[C@H](OC(=O)c4ccccc4)CC=C3C=C2OC1=O. The van der Waals surface area contributed by atoms with Crippen molar-refractivity contribution in [3.05, 3.63) is 70.5 Å². The highest BCUT2D eigenvalue weighted by molar-refractivity contribution is 5.94. The van der Waals surface area contributed by atoms with E-state index in [0.717, 1.165) is 18.4 Å². The van der Waals surface area contributed by atoms with Crippen LogP contribution >= 0.6 is 0 Å². The monoisotopic (exact) mass is 336 g/mol. The number of carbonyl (C=O) groups excluding carboxylic acids is 2. The smallest absolute Gasteiger partial charge is 0.339 e. The van der Waals surface area contributed by atoms with Gasteiger partial charge < -0.3 is 9.47 Å². The third kappa shape index (κ3) is 2.72. The first kappa shape index (κ1) is 15.9. The van der Waals surface area contributed by atoms with Crippen molar-refractivity contribution < 1.29 is 19.1 Å². The minimum absolute atomic E-state index is 0.145. The molecule has 1 aromatic rings. The Morgan fingerprint density at radius 3 is 2.80 bits per heavy atom. The van der Waals surface area contributed by atoms with Crippen LogP contribution in [0.5, 0.6) is 0 Å². The molecule has 0 bridgehead atoms. The van der Waals surface area contributed by atoms with Crippen LogP contribution in [0.1, 0.15) is 43.5 Å². The molecule has 3 aliphatic rings. The van der Waals surface area contributed by atoms with Crippen LogP contribution in [0.2, 0.25) is 0 Å². The summed E-state index contributed by atoms with van der Waals surface area (Å²) >= 11 is 0. The van der Waals surface area contributed by atoms with Gasteiger partial charge in [-0.2, -0.15) is 0 Å². The van der Waals surface area contributed by atoms with Gasteiger partial charge in [-0.1, -0.05) is 31.2 Å². The molecule has 0 amide bonds. The summed E-state index contributed by atoms with van der Waals surface area (Å²) in [6.45, 7) is 3.98. The van der Waals surface area contributed by atoms with Crippen LogP contribution in [-0.4, -0.2) is 18.0 Å². The van der Waals surface area contributed by atoms with E-state index in [1.54, 1.807) is 12.1 Å². The van der Waals surface area contributed by atoms with E-state index in [1.165, 1.54) is 5.57 Å². The highest BCUT2D eigenvalue weighted by Crippen LogP contribution is 2.51. The highest BCUT2D eigenvalue weighted by atomic mass is 16.5. The lowest BCUT2D eigenvalue weighted by atomic mass is 9.66. The van der Waals surface area contributed by atoms with E-state index in [9.17, 15) is 9.59 Å². The number of carbonyl (C=O) groups is 2. The number of hydrogen-bond acceptors (Lipinski definition) is 4. The van der Waals surface area contributed by atoms with Crippen LogP contribution in [-0.2, 0) is 14.3 Å². The second-order valence-corrected chi connectivity index (χ2v) is 7.23. The number of hydrogen-bond donors (Lipinski definition) is 0. The standard InChI is InChI=1S/C21H20O4/c1-13-17-12-21(2)11-16(24-20(23)14-6-4-3-5-7-14)9-8-15(21)10-18(17)25-19(13)22/h3-8,10,16H,9,11-12H2,1-2H3/t16-,21+/m1/s1. The van der Waals surface area contributed by atoms with Gasteiger partial charge in [-0.15, -0.1) is 0 Å². The molecule has 1 aromatic carbocycles. The van der Waals surface area contributed by atoms with E-state index in [2.05, 4.69) is 13.0 Å². The van der Waals surface area contributed by atoms with Crippen molar-refractivity contribution in [3.63, 3.8) is 0 Å². The molecule has 0 unspecified atom stereocenters. The summed E-state index contributed by atoms with van der Waals surface area (Å²) in [6, 6.07) is 9.06. The number of esters is 2. The van der Waals surface area contributed by atoms with E-state index in [4.69, 9.17) is 9.47 Å². The third-order valence-corrected chi connectivity index (χ3v) is 5.37. The first-order chi connectivity index (χ1) is 12.0. The van der Waals surface area contributed by atoms with Crippen molar-refractivity contribution >= 4 is 11.9 Å². The molecule has 0 radical (unpaired) electrons. The zero-order chi connectivity index (χ0) is 17.6. The molecule has 128 valence electrons. The summed E-state index contributed by atoms with van der Waals surface area (Å²) in [5, 5.41) is 0. The molecule has 0 spiro atoms. The predicted octanol–water partition coefficient (Wildman–Crippen LogP) is 4.10. The molecule has 1 aliphatic heterocycles. The molecule has 4 nitrogen and oxygen atoms in total. The van der Waals surface area contributed by atoms with Crippen LogP contribution in [0, 0.1) is 5.41 Å². The van der Waals surface area contributed by atoms with Crippen molar-refractivity contribution in [1.29, 1.82) is 0 Å². The maximum Gasteiger partial charge on any atom is 0.339 e. The molecule has 25 heavy (non-hydrogen) atoms. The van der Waals surface area contributed by atoms with Gasteiger partial charge in [-0.05, 0) is 43.5 Å². The van der Waals surface area contributed by atoms with Crippen LogP contribution in [0.4, 0.5) is 0 Å². The van der Waals surface area contributed by atoms with Gasteiger partial charge in [0.1, 0.15) is 11.9 Å². The van der Waals surface area contributed by atoms with Crippen molar-refractivity contribution in [1.82, 2.24) is 0 Å². The van der Waals surface area contributed by atoms with Crippen molar-refractivity contribution in [2.45, 2.75) is 39.2 Å². The molecule has 4 heteroatoms. The maximum atomic E-state index is 12.3. The normalized spacial score (nSPS) is 27.8. The van der Waals surface area contributed by atoms with Crippen LogP contribution in [0.25, 0.3) is 0 Å². The Morgan fingerprint density at radius 2 is 2.04 bits per heavy atom. The lowest BCUT2D eigenvalue weighted by Crippen LogP contribution is -2.34. The summed E-state index contributed by atoms with van der Waals surface area (Å²) in [7, 11) is 0. The molecule has 0 N–H and O–H groups in total. The van der Waals surface area contributed by atoms with Gasteiger partial charge in [-0.25, -0.2) is 9.59 Å². The zero-order valence-electron chi connectivity index (χ0n) is 14.4. The second-order valence-electron chi connectivity index (χ2n) is 7.23. The Morgan fingerprint density at radius 1 is 1.28 bits per heavy atom. The topological polar surface area (TPSA) is 52.6 Å². The minimum atomic E-state index is -0.284. The molecule has 2 aliphatic carbocycles. The number of benzene rings is 1. The fourth-order valence-corrected chi connectivity index (χ4v) is 3.91. The second kappa shape index (κ2) is 5.73. The number of fused-ring (bicyclic) bond motifs is 2. The maximum absolute atomic E-state index is 12.3. The fourth-order valence-electron chi connectivity index (χ4n) is 3.91. The molecule has 0 aromatic heterocycles. The summed E-state index contributed by atoms with van der Waals surface area (Å²) in [6.07, 6.45) is 6.09. The Balaban J connectivity index is 1.55. The van der Waals surface area contributed by atoms with Crippen LogP contribution < -0.4 is 0 Å². The molecule has 0 fully saturated rings. The number of rotatable bonds is 2. The van der Waals surface area contributed by atoms with Gasteiger partial charge >= 0.3 is 11.9 Å². The predicted molar refractivity (Wildman–Crippen MR) is 92.6 cm³/mol. The van der Waals surface area contributed by atoms with Gasteiger partial charge in [0, 0.05) is 23.0 Å². The molecule has 1 heterocycles. The molecule has 0 saturated carbocycles. The lowest BCUT2D eigenvalue weighted by Gasteiger charge is -2.40. The lowest BCUT2D eigenvalue weighted by molar-refractivity contribution is -0.133. The average molecular weight is 336 g/mol. The summed E-state index contributed by atoms with van der Waals surface area (Å²) in [4.78, 5) is 24.1. The van der Waals surface area contributed by atoms with Crippen molar-refractivity contribution in [2.24, 2.45) is 5.41 Å². The fraction of sp³-hybridized carbons (Fsp3) is 0.333. The Hall–Kier alpha value is -2.62. The quantitative estimate of drug-likeness (QED) is 0.763. The van der Waals surface area contributed by atoms with Gasteiger partial charge in [0.25, 0.3) is 0 Å². The van der Waals surface area contributed by atoms with Crippen LogP contribution in [0.3, 0.4) is 0 Å². The van der Waals surface area contributed by atoms with Gasteiger partial charge in [0.05, 0.1) is 5.56 Å². The van der Waals surface area contributed by atoms with E-state index >= 15 is 0 Å². The molecule has 4 rings (SSSR count). The number of ether oxygens (including phenoxy) is 2. The van der Waals surface area contributed by atoms with E-state index in [0.29, 0.717) is 23.3 Å². The van der Waals surface area contributed by atoms with Crippen LogP contribution in [0.15, 0.2) is 65.0 Å². The first-order valence-electron chi connectivity index (χ1n) is 8.57. The summed E-state index contributed by atoms with van der Waals surface area (Å²) < 4.78 is 11.1. The summed E-state index contributed by atoms with van der Waals surface area (Å²) in [5.74, 6) is 0.148. The highest BCUT2D eigenvalue weighted by Gasteiger charge is 2.43. The zero-order valence-corrected chi connectivity index (χ0v) is 14.4. The van der Waals surface area contributed by atoms with Gasteiger partial charge in [0.2, 0.25) is 0 Å². The average Bonchev–Trinajstić information content (AvgIpc) is 2.87. The number of allylic oxidation sites excluding steroid dienone is 3. The first-order valence-corrected chi connectivity index (χ1v) is 8.57. The largest absolute Gasteiger partial charge is 0.458 e.